The summed E-state index contributed by atoms with van der Waals surface area (Å²) >= 11 is 0. The van der Waals surface area contributed by atoms with Crippen molar-refractivity contribution < 1.29 is 9.90 Å². The van der Waals surface area contributed by atoms with Gasteiger partial charge in [-0.15, -0.1) is 0 Å². The van der Waals surface area contributed by atoms with Crippen LogP contribution in [0, 0.1) is 11.8 Å². The van der Waals surface area contributed by atoms with Crippen LogP contribution in [0.15, 0.2) is 18.2 Å². The van der Waals surface area contributed by atoms with Crippen molar-refractivity contribution in [1.29, 1.82) is 0 Å². The summed E-state index contributed by atoms with van der Waals surface area (Å²) in [6.07, 6.45) is 0.423. The molecule has 0 aromatic carbocycles. The predicted octanol–water partition coefficient (Wildman–Crippen LogP) is 1.02. The van der Waals surface area contributed by atoms with Gasteiger partial charge >= 0.3 is 0 Å². The van der Waals surface area contributed by atoms with E-state index in [0.717, 1.165) is 0 Å². The zero-order chi connectivity index (χ0) is 10.4. The minimum atomic E-state index is -0.0733. The number of aromatic nitrogens is 1. The fraction of sp³-hybridized carbons (Fsp3) is 0.273. The Morgan fingerprint density at radius 3 is 3.00 bits per heavy atom. The molecule has 0 atom stereocenters. The summed E-state index contributed by atoms with van der Waals surface area (Å²) < 4.78 is 0. The van der Waals surface area contributed by atoms with E-state index in [2.05, 4.69) is 16.8 Å². The Labute approximate surface area is 82.8 Å². The number of hydrogen-bond donors (Lipinski definition) is 1. The Bertz CT molecular complexity index is 388. The van der Waals surface area contributed by atoms with Crippen molar-refractivity contribution >= 4 is 5.78 Å². The van der Waals surface area contributed by atoms with Crippen LogP contribution >= 0.6 is 0 Å². The molecule has 1 aromatic heterocycles. The van der Waals surface area contributed by atoms with E-state index < -0.39 is 0 Å². The second-order valence-corrected chi connectivity index (χ2v) is 2.74. The lowest BCUT2D eigenvalue weighted by Gasteiger charge is -1.94. The Balaban J connectivity index is 2.85. The minimum Gasteiger partial charge on any atom is -0.395 e. The molecule has 0 aliphatic heterocycles. The number of aliphatic hydroxyl groups is 1. The third-order valence-electron chi connectivity index (χ3n) is 1.56. The number of hydrogen-bond acceptors (Lipinski definition) is 3. The first-order valence-corrected chi connectivity index (χ1v) is 4.32. The van der Waals surface area contributed by atoms with Crippen LogP contribution in [0.4, 0.5) is 0 Å². The van der Waals surface area contributed by atoms with Crippen molar-refractivity contribution in [2.75, 3.05) is 6.61 Å². The van der Waals surface area contributed by atoms with E-state index in [1.54, 1.807) is 18.2 Å². The van der Waals surface area contributed by atoms with Gasteiger partial charge in [-0.3, -0.25) is 4.79 Å². The number of carbonyl (C=O) groups is 1. The molecule has 0 unspecified atom stereocenters. The maximum absolute atomic E-state index is 11.0. The molecule has 0 saturated heterocycles. The Kier molecular flexibility index (Phi) is 3.84. The molecule has 0 fully saturated rings. The SMILES string of the molecule is CC(=O)c1cccc(C#CCCO)n1. The van der Waals surface area contributed by atoms with Gasteiger partial charge in [0, 0.05) is 13.3 Å². The Morgan fingerprint density at radius 2 is 2.36 bits per heavy atom. The zero-order valence-corrected chi connectivity index (χ0v) is 7.95. The molecule has 1 aromatic rings. The monoisotopic (exact) mass is 189 g/mol. The molecule has 14 heavy (non-hydrogen) atoms. The second-order valence-electron chi connectivity index (χ2n) is 2.74. The van der Waals surface area contributed by atoms with Gasteiger partial charge in [0.05, 0.1) is 6.61 Å². The lowest BCUT2D eigenvalue weighted by Crippen LogP contribution is -1.97. The first kappa shape index (κ1) is 10.4. The minimum absolute atomic E-state index is 0.0411. The number of pyridine rings is 1. The lowest BCUT2D eigenvalue weighted by molar-refractivity contribution is 0.101. The van der Waals surface area contributed by atoms with Crippen LogP contribution < -0.4 is 0 Å². The van der Waals surface area contributed by atoms with Gasteiger partial charge in [-0.2, -0.15) is 0 Å². The van der Waals surface area contributed by atoms with E-state index in [1.165, 1.54) is 6.92 Å². The van der Waals surface area contributed by atoms with Crippen molar-refractivity contribution in [2.45, 2.75) is 13.3 Å². The summed E-state index contributed by atoms with van der Waals surface area (Å²) in [5.41, 5.74) is 0.979. The van der Waals surface area contributed by atoms with Crippen molar-refractivity contribution in [3.63, 3.8) is 0 Å². The molecular formula is C11H11NO2. The summed E-state index contributed by atoms with van der Waals surface area (Å²) in [6.45, 7) is 1.51. The van der Waals surface area contributed by atoms with Gasteiger partial charge in [0.1, 0.15) is 11.4 Å². The first-order valence-electron chi connectivity index (χ1n) is 4.32. The van der Waals surface area contributed by atoms with Gasteiger partial charge in [0.25, 0.3) is 0 Å². The summed E-state index contributed by atoms with van der Waals surface area (Å²) in [6, 6.07) is 5.13. The molecule has 0 aliphatic rings. The predicted molar refractivity (Wildman–Crippen MR) is 52.8 cm³/mol. The largest absolute Gasteiger partial charge is 0.395 e. The van der Waals surface area contributed by atoms with Crippen molar-refractivity contribution in [3.8, 4) is 11.8 Å². The van der Waals surface area contributed by atoms with E-state index in [4.69, 9.17) is 5.11 Å². The van der Waals surface area contributed by atoms with E-state index in [-0.39, 0.29) is 12.4 Å². The maximum atomic E-state index is 11.0. The van der Waals surface area contributed by atoms with Crippen LogP contribution in [0.3, 0.4) is 0 Å². The molecule has 0 spiro atoms. The third-order valence-corrected chi connectivity index (χ3v) is 1.56. The molecule has 0 aliphatic carbocycles. The van der Waals surface area contributed by atoms with Gasteiger partial charge in [0.15, 0.2) is 5.78 Å². The van der Waals surface area contributed by atoms with Crippen LogP contribution in [0.2, 0.25) is 0 Å². The highest BCUT2D eigenvalue weighted by atomic mass is 16.2. The molecule has 3 nitrogen and oxygen atoms in total. The second kappa shape index (κ2) is 5.15. The average molecular weight is 189 g/mol. The summed E-state index contributed by atoms with van der Waals surface area (Å²) in [5.74, 6) is 5.44. The van der Waals surface area contributed by atoms with E-state index in [1.807, 2.05) is 0 Å². The number of aliphatic hydroxyl groups excluding tert-OH is 1. The Hall–Kier alpha value is -1.66. The summed E-state index contributed by atoms with van der Waals surface area (Å²) in [7, 11) is 0. The fourth-order valence-electron chi connectivity index (χ4n) is 0.909. The number of ketones is 1. The highest BCUT2D eigenvalue weighted by Crippen LogP contribution is 1.98. The van der Waals surface area contributed by atoms with E-state index in [0.29, 0.717) is 17.8 Å². The topological polar surface area (TPSA) is 50.2 Å². The highest BCUT2D eigenvalue weighted by molar-refractivity contribution is 5.92. The molecule has 0 saturated carbocycles. The van der Waals surface area contributed by atoms with Crippen molar-refractivity contribution in [1.82, 2.24) is 4.98 Å². The molecular weight excluding hydrogens is 178 g/mol. The molecule has 0 bridgehead atoms. The van der Waals surface area contributed by atoms with Gasteiger partial charge in [0.2, 0.25) is 0 Å². The lowest BCUT2D eigenvalue weighted by atomic mass is 10.2. The van der Waals surface area contributed by atoms with Crippen LogP contribution in [0.1, 0.15) is 29.5 Å². The summed E-state index contributed by atoms with van der Waals surface area (Å²) in [5, 5.41) is 8.51. The zero-order valence-electron chi connectivity index (χ0n) is 7.95. The molecule has 0 amide bonds. The van der Waals surface area contributed by atoms with E-state index >= 15 is 0 Å². The quantitative estimate of drug-likeness (QED) is 0.558. The number of rotatable bonds is 2. The van der Waals surface area contributed by atoms with Gasteiger partial charge in [-0.05, 0) is 18.1 Å². The van der Waals surface area contributed by atoms with Gasteiger partial charge < -0.3 is 5.11 Å². The fourth-order valence-corrected chi connectivity index (χ4v) is 0.909. The molecule has 72 valence electrons. The van der Waals surface area contributed by atoms with Gasteiger partial charge in [-0.1, -0.05) is 12.0 Å². The molecule has 0 radical (unpaired) electrons. The normalized spacial score (nSPS) is 9.00. The average Bonchev–Trinajstić information content (AvgIpc) is 2.19. The summed E-state index contributed by atoms with van der Waals surface area (Å²) in [4.78, 5) is 15.0. The van der Waals surface area contributed by atoms with Crippen molar-refractivity contribution in [3.05, 3.63) is 29.6 Å². The Morgan fingerprint density at radius 1 is 1.57 bits per heavy atom. The number of carbonyl (C=O) groups excluding carboxylic acids is 1. The maximum Gasteiger partial charge on any atom is 0.178 e. The van der Waals surface area contributed by atoms with Crippen LogP contribution in [-0.4, -0.2) is 22.5 Å². The molecule has 1 rings (SSSR count). The third kappa shape index (κ3) is 3.00. The molecule has 3 heteroatoms. The standard InChI is InChI=1S/C11H11NO2/c1-9(14)11-7-4-6-10(12-11)5-2-3-8-13/h4,6-7,13H,3,8H2,1H3. The van der Waals surface area contributed by atoms with E-state index in [9.17, 15) is 4.79 Å². The smallest absolute Gasteiger partial charge is 0.178 e. The van der Waals surface area contributed by atoms with Crippen LogP contribution in [-0.2, 0) is 0 Å². The number of Topliss-reactive ketones (excluding diaryl/α,β-unsaturated/α-hetero) is 1. The number of nitrogens with zero attached hydrogens (tertiary/aromatic N) is 1. The van der Waals surface area contributed by atoms with Crippen LogP contribution in [0.25, 0.3) is 0 Å². The first-order chi connectivity index (χ1) is 6.74. The molecule has 1 heterocycles. The van der Waals surface area contributed by atoms with Gasteiger partial charge in [-0.25, -0.2) is 4.98 Å². The van der Waals surface area contributed by atoms with Crippen molar-refractivity contribution in [2.24, 2.45) is 0 Å². The highest BCUT2D eigenvalue weighted by Gasteiger charge is 1.99. The molecule has 1 N–H and O–H groups in total. The van der Waals surface area contributed by atoms with Crippen LogP contribution in [0.5, 0.6) is 0 Å².